The molecule has 0 spiro atoms. The van der Waals surface area contributed by atoms with Crippen molar-refractivity contribution in [3.8, 4) is 0 Å². The minimum atomic E-state index is -1.47. The molecule has 27 heavy (non-hydrogen) atoms. The molecule has 1 rings (SSSR count). The van der Waals surface area contributed by atoms with Crippen molar-refractivity contribution < 1.29 is 33.8 Å². The lowest BCUT2D eigenvalue weighted by Gasteiger charge is -2.28. The highest BCUT2D eigenvalue weighted by Crippen LogP contribution is 2.23. The fourth-order valence-electron chi connectivity index (χ4n) is 1.94. The van der Waals surface area contributed by atoms with E-state index in [2.05, 4.69) is 10.1 Å². The van der Waals surface area contributed by atoms with Crippen molar-refractivity contribution in [3.05, 3.63) is 42.0 Å². The summed E-state index contributed by atoms with van der Waals surface area (Å²) in [5, 5.41) is 12.8. The van der Waals surface area contributed by atoms with Crippen LogP contribution in [-0.4, -0.2) is 48.6 Å². The van der Waals surface area contributed by atoms with Crippen LogP contribution in [0.5, 0.6) is 0 Å². The minimum absolute atomic E-state index is 0.0999. The molecule has 1 aromatic carbocycles. The quantitative estimate of drug-likeness (QED) is 0.400. The molecule has 0 radical (unpaired) electrons. The zero-order valence-corrected chi connectivity index (χ0v) is 15.6. The summed E-state index contributed by atoms with van der Waals surface area (Å²) >= 11 is 0. The highest BCUT2D eigenvalue weighted by molar-refractivity contribution is 5.97. The van der Waals surface area contributed by atoms with E-state index in [1.165, 1.54) is 14.0 Å². The fraction of sp³-hybridized carbons (Fsp3) is 0.368. The molecule has 0 aromatic heterocycles. The second kappa shape index (κ2) is 9.63. The van der Waals surface area contributed by atoms with Crippen LogP contribution in [0.4, 0.5) is 5.69 Å². The average molecular weight is 377 g/mol. The molecule has 8 heteroatoms. The Balaban J connectivity index is 2.63. The van der Waals surface area contributed by atoms with Crippen LogP contribution in [0.1, 0.15) is 31.1 Å². The van der Waals surface area contributed by atoms with Gasteiger partial charge in [-0.3, -0.25) is 9.59 Å². The molecule has 0 unspecified atom stereocenters. The summed E-state index contributed by atoms with van der Waals surface area (Å²) in [4.78, 5) is 46.0. The van der Waals surface area contributed by atoms with Crippen molar-refractivity contribution >= 4 is 29.3 Å². The van der Waals surface area contributed by atoms with E-state index in [1.54, 1.807) is 38.1 Å². The van der Waals surface area contributed by atoms with Gasteiger partial charge in [-0.05, 0) is 31.2 Å². The van der Waals surface area contributed by atoms with Crippen molar-refractivity contribution in [1.29, 1.82) is 0 Å². The van der Waals surface area contributed by atoms with Crippen LogP contribution < -0.4 is 5.32 Å². The number of benzene rings is 1. The molecule has 2 N–H and O–H groups in total. The molecule has 146 valence electrons. The molecule has 0 heterocycles. The van der Waals surface area contributed by atoms with E-state index < -0.39 is 29.4 Å². The predicted octanol–water partition coefficient (Wildman–Crippen LogP) is 1.49. The Bertz CT molecular complexity index is 735. The molecule has 0 aliphatic heterocycles. The third-order valence-corrected chi connectivity index (χ3v) is 3.69. The van der Waals surface area contributed by atoms with Gasteiger partial charge in [0.1, 0.15) is 6.10 Å². The number of Topliss-reactive ketones (excluding diaryl/α,β-unsaturated/α-hetero) is 1. The number of anilines is 1. The first-order valence-electron chi connectivity index (χ1n) is 8.09. The SMILES string of the molecule is COC(=O)/C=C/C(=O)OCC(C)(C)[C@@H](O)C(=O)Nc1ccc(C(C)=O)cc1. The van der Waals surface area contributed by atoms with Crippen molar-refractivity contribution in [2.24, 2.45) is 5.41 Å². The van der Waals surface area contributed by atoms with Crippen LogP contribution >= 0.6 is 0 Å². The monoisotopic (exact) mass is 377 g/mol. The van der Waals surface area contributed by atoms with Crippen molar-refractivity contribution in [2.75, 3.05) is 19.0 Å². The summed E-state index contributed by atoms with van der Waals surface area (Å²) in [6.45, 7) is 4.28. The van der Waals surface area contributed by atoms with Gasteiger partial charge < -0.3 is 19.9 Å². The molecule has 0 aliphatic rings. The van der Waals surface area contributed by atoms with Gasteiger partial charge in [-0.25, -0.2) is 9.59 Å². The zero-order valence-electron chi connectivity index (χ0n) is 15.6. The molecule has 0 fully saturated rings. The normalized spacial score (nSPS) is 12.3. The van der Waals surface area contributed by atoms with Gasteiger partial charge in [-0.15, -0.1) is 0 Å². The topological polar surface area (TPSA) is 119 Å². The minimum Gasteiger partial charge on any atom is -0.466 e. The highest BCUT2D eigenvalue weighted by Gasteiger charge is 2.35. The van der Waals surface area contributed by atoms with Gasteiger partial charge in [0.15, 0.2) is 5.78 Å². The number of carbonyl (C=O) groups excluding carboxylic acids is 4. The maximum Gasteiger partial charge on any atom is 0.331 e. The van der Waals surface area contributed by atoms with E-state index in [0.29, 0.717) is 11.3 Å². The Labute approximate surface area is 157 Å². The number of amides is 1. The molecule has 0 saturated carbocycles. The molecule has 8 nitrogen and oxygen atoms in total. The Morgan fingerprint density at radius 2 is 1.67 bits per heavy atom. The van der Waals surface area contributed by atoms with Gasteiger partial charge in [0.05, 0.1) is 13.7 Å². The first-order valence-corrected chi connectivity index (χ1v) is 8.09. The van der Waals surface area contributed by atoms with E-state index in [1.807, 2.05) is 0 Å². The number of ether oxygens (including phenoxy) is 2. The standard InChI is InChI=1S/C19H23NO7/c1-12(21)13-5-7-14(8-6-13)20-18(25)17(24)19(2,3)11-27-16(23)10-9-15(22)26-4/h5-10,17,24H,11H2,1-4H3,(H,20,25)/b10-9+/t17-/m0/s1. The summed E-state index contributed by atoms with van der Waals surface area (Å²) in [5.74, 6) is -2.30. The Hall–Kier alpha value is -3.00. The van der Waals surface area contributed by atoms with Gasteiger partial charge in [-0.1, -0.05) is 13.8 Å². The summed E-state index contributed by atoms with van der Waals surface area (Å²) in [6, 6.07) is 6.22. The zero-order chi connectivity index (χ0) is 20.6. The maximum atomic E-state index is 12.2. The first-order chi connectivity index (χ1) is 12.6. The number of esters is 2. The number of rotatable bonds is 8. The molecule has 1 atom stereocenters. The smallest absolute Gasteiger partial charge is 0.331 e. The van der Waals surface area contributed by atoms with Crippen molar-refractivity contribution in [3.63, 3.8) is 0 Å². The average Bonchev–Trinajstić information content (AvgIpc) is 2.64. The van der Waals surface area contributed by atoms with Crippen LogP contribution in [0.3, 0.4) is 0 Å². The van der Waals surface area contributed by atoms with Gasteiger partial charge in [-0.2, -0.15) is 0 Å². The predicted molar refractivity (Wildman–Crippen MR) is 97.0 cm³/mol. The van der Waals surface area contributed by atoms with Gasteiger partial charge >= 0.3 is 11.9 Å². The Kier molecular flexibility index (Phi) is 7.86. The van der Waals surface area contributed by atoms with Gasteiger partial charge in [0.2, 0.25) is 0 Å². The van der Waals surface area contributed by atoms with Gasteiger partial charge in [0, 0.05) is 28.8 Å². The third-order valence-electron chi connectivity index (χ3n) is 3.69. The van der Waals surface area contributed by atoms with Crippen LogP contribution in [0.15, 0.2) is 36.4 Å². The molecular formula is C19H23NO7. The first kappa shape index (κ1) is 22.0. The number of methoxy groups -OCH3 is 1. The van der Waals surface area contributed by atoms with Crippen LogP contribution in [0.2, 0.25) is 0 Å². The largest absolute Gasteiger partial charge is 0.466 e. The van der Waals surface area contributed by atoms with E-state index in [0.717, 1.165) is 12.2 Å². The van der Waals surface area contributed by atoms with E-state index in [9.17, 15) is 24.3 Å². The number of aliphatic hydroxyl groups excluding tert-OH is 1. The number of nitrogens with one attached hydrogen (secondary N) is 1. The lowest BCUT2D eigenvalue weighted by Crippen LogP contribution is -2.43. The third kappa shape index (κ3) is 7.02. The molecule has 1 amide bonds. The maximum absolute atomic E-state index is 12.2. The number of ketones is 1. The summed E-state index contributed by atoms with van der Waals surface area (Å²) < 4.78 is 9.30. The fourth-order valence-corrected chi connectivity index (χ4v) is 1.94. The molecule has 0 saturated heterocycles. The Morgan fingerprint density at radius 1 is 1.11 bits per heavy atom. The number of aliphatic hydroxyl groups is 1. The van der Waals surface area contributed by atoms with Crippen LogP contribution in [-0.2, 0) is 23.9 Å². The molecule has 0 bridgehead atoms. The van der Waals surface area contributed by atoms with Crippen molar-refractivity contribution in [1.82, 2.24) is 0 Å². The lowest BCUT2D eigenvalue weighted by atomic mass is 9.87. The van der Waals surface area contributed by atoms with E-state index in [-0.39, 0.29) is 12.4 Å². The summed E-state index contributed by atoms with van der Waals surface area (Å²) in [6.07, 6.45) is 0.330. The van der Waals surface area contributed by atoms with E-state index in [4.69, 9.17) is 4.74 Å². The number of hydrogen-bond donors (Lipinski definition) is 2. The number of hydrogen-bond acceptors (Lipinski definition) is 7. The lowest BCUT2D eigenvalue weighted by molar-refractivity contribution is -0.147. The molecular weight excluding hydrogens is 354 g/mol. The second-order valence-corrected chi connectivity index (χ2v) is 6.48. The van der Waals surface area contributed by atoms with Crippen LogP contribution in [0.25, 0.3) is 0 Å². The molecule has 0 aliphatic carbocycles. The Morgan fingerprint density at radius 3 is 2.19 bits per heavy atom. The molecule has 1 aromatic rings. The summed E-state index contributed by atoms with van der Waals surface area (Å²) in [5.41, 5.74) is -0.170. The van der Waals surface area contributed by atoms with Crippen LogP contribution in [0, 0.1) is 5.41 Å². The summed E-state index contributed by atoms with van der Waals surface area (Å²) in [7, 11) is 1.17. The van der Waals surface area contributed by atoms with Crippen molar-refractivity contribution in [2.45, 2.75) is 26.9 Å². The van der Waals surface area contributed by atoms with Gasteiger partial charge in [0.25, 0.3) is 5.91 Å². The van der Waals surface area contributed by atoms with E-state index >= 15 is 0 Å². The second-order valence-electron chi connectivity index (χ2n) is 6.48. The number of carbonyl (C=O) groups is 4. The highest BCUT2D eigenvalue weighted by atomic mass is 16.5.